The molecule has 0 aromatic heterocycles. The van der Waals surface area contributed by atoms with Gasteiger partial charge in [-0.3, -0.25) is 0 Å². The first-order valence-electron chi connectivity index (χ1n) is 5.72. The molecule has 92 valence electrons. The van der Waals surface area contributed by atoms with Crippen molar-refractivity contribution in [2.45, 2.75) is 12.8 Å². The van der Waals surface area contributed by atoms with Crippen molar-refractivity contribution in [1.29, 1.82) is 0 Å². The van der Waals surface area contributed by atoms with Crippen LogP contribution in [0.5, 0.6) is 0 Å². The minimum atomic E-state index is -0.928. The van der Waals surface area contributed by atoms with E-state index in [-0.39, 0.29) is 11.4 Å². The number of aryl methyl sites for hydroxylation is 2. The molecule has 2 aromatic carbocycles. The average Bonchev–Trinajstić information content (AvgIpc) is 2.37. The Labute approximate surface area is 105 Å². The van der Waals surface area contributed by atoms with E-state index in [2.05, 4.69) is 0 Å². The molecule has 0 fully saturated rings. The number of benzene rings is 2. The molecule has 0 radical (unpaired) electrons. The van der Waals surface area contributed by atoms with E-state index in [1.54, 1.807) is 24.3 Å². The summed E-state index contributed by atoms with van der Waals surface area (Å²) in [6.45, 7) is 0. The fourth-order valence-electron chi connectivity index (χ4n) is 1.84. The molecule has 0 saturated carbocycles. The predicted octanol–water partition coefficient (Wildman–Crippen LogP) is 3.31. The third-order valence-corrected chi connectivity index (χ3v) is 2.77. The lowest BCUT2D eigenvalue weighted by atomic mass is 10.0. The van der Waals surface area contributed by atoms with Gasteiger partial charge in [0.15, 0.2) is 0 Å². The molecule has 0 aliphatic heterocycles. The van der Waals surface area contributed by atoms with Crippen molar-refractivity contribution in [3.05, 3.63) is 71.0 Å². The van der Waals surface area contributed by atoms with Gasteiger partial charge < -0.3 is 5.11 Å². The largest absolute Gasteiger partial charge is 0.478 e. The van der Waals surface area contributed by atoms with E-state index >= 15 is 0 Å². The summed E-state index contributed by atoms with van der Waals surface area (Å²) in [5, 5.41) is 8.88. The maximum atomic E-state index is 13.0. The first-order chi connectivity index (χ1) is 8.65. The average molecular weight is 244 g/mol. The molecule has 2 aromatic rings. The molecule has 0 amide bonds. The third kappa shape index (κ3) is 3.17. The van der Waals surface area contributed by atoms with Crippen molar-refractivity contribution >= 4 is 5.97 Å². The summed E-state index contributed by atoms with van der Waals surface area (Å²) in [4.78, 5) is 10.8. The Morgan fingerprint density at radius 1 is 1.00 bits per heavy atom. The van der Waals surface area contributed by atoms with Gasteiger partial charge in [-0.2, -0.15) is 0 Å². The van der Waals surface area contributed by atoms with E-state index in [4.69, 9.17) is 5.11 Å². The van der Waals surface area contributed by atoms with Crippen molar-refractivity contribution in [1.82, 2.24) is 0 Å². The van der Waals surface area contributed by atoms with Gasteiger partial charge in [-0.05, 0) is 48.2 Å². The van der Waals surface area contributed by atoms with Crippen LogP contribution in [0.3, 0.4) is 0 Å². The van der Waals surface area contributed by atoms with E-state index in [0.29, 0.717) is 12.8 Å². The van der Waals surface area contributed by atoms with Crippen LogP contribution in [0.15, 0.2) is 48.5 Å². The fraction of sp³-hybridized carbons (Fsp3) is 0.133. The topological polar surface area (TPSA) is 37.3 Å². The van der Waals surface area contributed by atoms with E-state index in [0.717, 1.165) is 11.1 Å². The standard InChI is InChI=1S/C15H13FO2/c16-14-6-2-4-12(10-14)8-7-11-3-1-5-13(9-11)15(17)18/h1-6,9-10H,7-8H2,(H,17,18). The normalized spacial score (nSPS) is 10.3. The van der Waals surface area contributed by atoms with Crippen LogP contribution in [-0.4, -0.2) is 11.1 Å². The quantitative estimate of drug-likeness (QED) is 0.895. The summed E-state index contributed by atoms with van der Waals surface area (Å²) in [6.07, 6.45) is 1.39. The van der Waals surface area contributed by atoms with Gasteiger partial charge in [-0.1, -0.05) is 24.3 Å². The van der Waals surface area contributed by atoms with Crippen LogP contribution in [-0.2, 0) is 12.8 Å². The fourth-order valence-corrected chi connectivity index (χ4v) is 1.84. The lowest BCUT2D eigenvalue weighted by Gasteiger charge is -2.03. The summed E-state index contributed by atoms with van der Waals surface area (Å²) in [6, 6.07) is 13.3. The Kier molecular flexibility index (Phi) is 3.72. The van der Waals surface area contributed by atoms with Crippen molar-refractivity contribution in [2.75, 3.05) is 0 Å². The number of hydrogen-bond acceptors (Lipinski definition) is 1. The molecular weight excluding hydrogens is 231 g/mol. The highest BCUT2D eigenvalue weighted by atomic mass is 19.1. The second-order valence-electron chi connectivity index (χ2n) is 4.14. The molecule has 0 aliphatic carbocycles. The molecular formula is C15H13FO2. The van der Waals surface area contributed by atoms with Gasteiger partial charge in [0.1, 0.15) is 5.82 Å². The smallest absolute Gasteiger partial charge is 0.335 e. The molecule has 0 heterocycles. The number of carboxylic acids is 1. The number of carboxylic acid groups (broad SMARTS) is 1. The zero-order valence-electron chi connectivity index (χ0n) is 9.77. The first-order valence-corrected chi connectivity index (χ1v) is 5.72. The van der Waals surface area contributed by atoms with E-state index < -0.39 is 5.97 Å². The van der Waals surface area contributed by atoms with Crippen molar-refractivity contribution < 1.29 is 14.3 Å². The van der Waals surface area contributed by atoms with Gasteiger partial charge in [0, 0.05) is 0 Å². The molecule has 0 atom stereocenters. The molecule has 2 rings (SSSR count). The number of carbonyl (C=O) groups is 1. The molecule has 1 N–H and O–H groups in total. The van der Waals surface area contributed by atoms with Gasteiger partial charge in [-0.25, -0.2) is 9.18 Å². The molecule has 0 saturated heterocycles. The van der Waals surface area contributed by atoms with Gasteiger partial charge in [0.05, 0.1) is 5.56 Å². The minimum absolute atomic E-state index is 0.244. The number of hydrogen-bond donors (Lipinski definition) is 1. The Balaban J connectivity index is 2.06. The lowest BCUT2D eigenvalue weighted by Crippen LogP contribution is -1.98. The Morgan fingerprint density at radius 3 is 2.22 bits per heavy atom. The molecule has 3 heteroatoms. The zero-order chi connectivity index (χ0) is 13.0. The maximum absolute atomic E-state index is 13.0. The predicted molar refractivity (Wildman–Crippen MR) is 67.2 cm³/mol. The highest BCUT2D eigenvalue weighted by molar-refractivity contribution is 5.87. The molecule has 0 unspecified atom stereocenters. The second-order valence-corrected chi connectivity index (χ2v) is 4.14. The number of rotatable bonds is 4. The van der Waals surface area contributed by atoms with E-state index in [1.807, 2.05) is 12.1 Å². The van der Waals surface area contributed by atoms with Crippen LogP contribution in [0.25, 0.3) is 0 Å². The van der Waals surface area contributed by atoms with Crippen LogP contribution < -0.4 is 0 Å². The third-order valence-electron chi connectivity index (χ3n) is 2.77. The van der Waals surface area contributed by atoms with Crippen LogP contribution in [0.1, 0.15) is 21.5 Å². The molecule has 18 heavy (non-hydrogen) atoms. The SMILES string of the molecule is O=C(O)c1cccc(CCc2cccc(F)c2)c1. The van der Waals surface area contributed by atoms with Crippen LogP contribution in [0, 0.1) is 5.82 Å². The summed E-state index contributed by atoms with van der Waals surface area (Å²) in [5.74, 6) is -1.17. The van der Waals surface area contributed by atoms with Crippen molar-refractivity contribution in [3.8, 4) is 0 Å². The zero-order valence-corrected chi connectivity index (χ0v) is 9.77. The van der Waals surface area contributed by atoms with Crippen molar-refractivity contribution in [2.24, 2.45) is 0 Å². The number of halogens is 1. The first kappa shape index (κ1) is 12.3. The van der Waals surface area contributed by atoms with Crippen LogP contribution >= 0.6 is 0 Å². The van der Waals surface area contributed by atoms with Crippen LogP contribution in [0.2, 0.25) is 0 Å². The summed E-state index contributed by atoms with van der Waals surface area (Å²) in [5.41, 5.74) is 2.14. The van der Waals surface area contributed by atoms with Gasteiger partial charge >= 0.3 is 5.97 Å². The molecule has 0 spiro atoms. The van der Waals surface area contributed by atoms with Crippen LogP contribution in [0.4, 0.5) is 4.39 Å². The Hall–Kier alpha value is -2.16. The lowest BCUT2D eigenvalue weighted by molar-refractivity contribution is 0.0697. The number of aromatic carboxylic acids is 1. The summed E-state index contributed by atoms with van der Waals surface area (Å²) < 4.78 is 13.0. The molecule has 0 bridgehead atoms. The summed E-state index contributed by atoms with van der Waals surface area (Å²) >= 11 is 0. The van der Waals surface area contributed by atoms with E-state index in [9.17, 15) is 9.18 Å². The van der Waals surface area contributed by atoms with Gasteiger partial charge in [-0.15, -0.1) is 0 Å². The maximum Gasteiger partial charge on any atom is 0.335 e. The highest BCUT2D eigenvalue weighted by Gasteiger charge is 2.03. The van der Waals surface area contributed by atoms with Gasteiger partial charge in [0.2, 0.25) is 0 Å². The van der Waals surface area contributed by atoms with Crippen molar-refractivity contribution in [3.63, 3.8) is 0 Å². The summed E-state index contributed by atoms with van der Waals surface area (Å²) in [7, 11) is 0. The van der Waals surface area contributed by atoms with E-state index in [1.165, 1.54) is 12.1 Å². The Morgan fingerprint density at radius 2 is 1.61 bits per heavy atom. The Bertz CT molecular complexity index is 564. The second kappa shape index (κ2) is 5.45. The molecule has 2 nitrogen and oxygen atoms in total. The minimum Gasteiger partial charge on any atom is -0.478 e. The highest BCUT2D eigenvalue weighted by Crippen LogP contribution is 2.11. The monoisotopic (exact) mass is 244 g/mol. The van der Waals surface area contributed by atoms with Gasteiger partial charge in [0.25, 0.3) is 0 Å². The molecule has 0 aliphatic rings.